The number of rotatable bonds is 8. The Balaban J connectivity index is 1.42. The van der Waals surface area contributed by atoms with E-state index in [-0.39, 0.29) is 18.0 Å². The van der Waals surface area contributed by atoms with Gasteiger partial charge < -0.3 is 14.8 Å². The summed E-state index contributed by atoms with van der Waals surface area (Å²) in [4.78, 5) is 12.9. The highest BCUT2D eigenvalue weighted by molar-refractivity contribution is 7.92. The second kappa shape index (κ2) is 10.1. The van der Waals surface area contributed by atoms with Crippen LogP contribution >= 0.6 is 0 Å². The standard InChI is InChI=1S/C25H26N2O5S/c1-19-11-13-21(14-12-19)33(29,30)27-17-24(32-23-10-6-5-9-22(23)27)25(28)26-15-16-31-18-20-7-3-2-4-8-20/h2-14,24H,15-18H2,1H3,(H,26,28). The number of anilines is 1. The van der Waals surface area contributed by atoms with E-state index in [1.807, 2.05) is 37.3 Å². The Bertz CT molecular complexity index is 1200. The number of hydrogen-bond donors (Lipinski definition) is 1. The molecule has 1 heterocycles. The van der Waals surface area contributed by atoms with Gasteiger partial charge in [0.05, 0.1) is 30.3 Å². The molecule has 33 heavy (non-hydrogen) atoms. The van der Waals surface area contributed by atoms with Crippen molar-refractivity contribution in [3.63, 3.8) is 0 Å². The Morgan fingerprint density at radius 3 is 2.48 bits per heavy atom. The normalized spacial score (nSPS) is 15.4. The molecular weight excluding hydrogens is 440 g/mol. The van der Waals surface area contributed by atoms with E-state index < -0.39 is 22.0 Å². The number of carbonyl (C=O) groups excluding carboxylic acids is 1. The maximum Gasteiger partial charge on any atom is 0.264 e. The molecule has 0 saturated carbocycles. The molecule has 7 nitrogen and oxygen atoms in total. The monoisotopic (exact) mass is 466 g/mol. The van der Waals surface area contributed by atoms with Crippen molar-refractivity contribution >= 4 is 21.6 Å². The second-order valence-electron chi connectivity index (χ2n) is 7.75. The van der Waals surface area contributed by atoms with Crippen LogP contribution in [-0.4, -0.2) is 40.1 Å². The van der Waals surface area contributed by atoms with Crippen molar-refractivity contribution in [3.8, 4) is 5.75 Å². The van der Waals surface area contributed by atoms with Gasteiger partial charge in [0.25, 0.3) is 15.9 Å². The van der Waals surface area contributed by atoms with Gasteiger partial charge in [0.15, 0.2) is 6.10 Å². The predicted molar refractivity (Wildman–Crippen MR) is 126 cm³/mol. The number of carbonyl (C=O) groups is 1. The number of sulfonamides is 1. The van der Waals surface area contributed by atoms with Gasteiger partial charge in [0.1, 0.15) is 5.75 Å². The van der Waals surface area contributed by atoms with Crippen molar-refractivity contribution in [2.45, 2.75) is 24.5 Å². The maximum atomic E-state index is 13.4. The van der Waals surface area contributed by atoms with Gasteiger partial charge in [-0.2, -0.15) is 0 Å². The van der Waals surface area contributed by atoms with E-state index in [2.05, 4.69) is 5.32 Å². The van der Waals surface area contributed by atoms with Gasteiger partial charge in [-0.1, -0.05) is 60.2 Å². The third-order valence-electron chi connectivity index (χ3n) is 5.29. The highest BCUT2D eigenvalue weighted by Gasteiger charge is 2.37. The van der Waals surface area contributed by atoms with Gasteiger partial charge >= 0.3 is 0 Å². The number of ether oxygens (including phenoxy) is 2. The molecule has 1 unspecified atom stereocenters. The van der Waals surface area contributed by atoms with Crippen LogP contribution in [0, 0.1) is 6.92 Å². The summed E-state index contributed by atoms with van der Waals surface area (Å²) in [5.41, 5.74) is 2.42. The predicted octanol–water partition coefficient (Wildman–Crippen LogP) is 3.28. The van der Waals surface area contributed by atoms with Gasteiger partial charge in [0, 0.05) is 6.54 Å². The molecule has 1 atom stereocenters. The van der Waals surface area contributed by atoms with Crippen molar-refractivity contribution in [1.29, 1.82) is 0 Å². The van der Waals surface area contributed by atoms with Crippen LogP contribution in [-0.2, 0) is 26.2 Å². The Morgan fingerprint density at radius 1 is 1.03 bits per heavy atom. The first-order valence-electron chi connectivity index (χ1n) is 10.7. The number of benzene rings is 3. The second-order valence-corrected chi connectivity index (χ2v) is 9.61. The SMILES string of the molecule is Cc1ccc(S(=O)(=O)N2CC(C(=O)NCCOCc3ccccc3)Oc3ccccc32)cc1. The smallest absolute Gasteiger partial charge is 0.264 e. The van der Waals surface area contributed by atoms with E-state index in [0.29, 0.717) is 24.7 Å². The van der Waals surface area contributed by atoms with Gasteiger partial charge in [0.2, 0.25) is 0 Å². The van der Waals surface area contributed by atoms with Gasteiger partial charge in [-0.25, -0.2) is 8.42 Å². The summed E-state index contributed by atoms with van der Waals surface area (Å²) >= 11 is 0. The number of hydrogen-bond acceptors (Lipinski definition) is 5. The molecule has 3 aromatic rings. The number of para-hydroxylation sites is 2. The highest BCUT2D eigenvalue weighted by atomic mass is 32.2. The quantitative estimate of drug-likeness (QED) is 0.515. The average molecular weight is 467 g/mol. The van der Waals surface area contributed by atoms with Crippen LogP contribution in [0.25, 0.3) is 0 Å². The molecule has 172 valence electrons. The number of amides is 1. The molecular formula is C25H26N2O5S. The molecule has 0 radical (unpaired) electrons. The van der Waals surface area contributed by atoms with Crippen LogP contribution in [0.1, 0.15) is 11.1 Å². The molecule has 0 aliphatic carbocycles. The fourth-order valence-corrected chi connectivity index (χ4v) is 5.00. The van der Waals surface area contributed by atoms with E-state index in [1.165, 1.54) is 4.31 Å². The fraction of sp³-hybridized carbons (Fsp3) is 0.240. The molecule has 1 aliphatic rings. The lowest BCUT2D eigenvalue weighted by molar-refractivity contribution is -0.128. The molecule has 1 amide bonds. The van der Waals surface area contributed by atoms with Crippen molar-refractivity contribution in [3.05, 3.63) is 90.0 Å². The van der Waals surface area contributed by atoms with Crippen LogP contribution < -0.4 is 14.4 Å². The first-order valence-corrected chi connectivity index (χ1v) is 12.1. The Morgan fingerprint density at radius 2 is 1.73 bits per heavy atom. The number of fused-ring (bicyclic) bond motifs is 1. The number of aryl methyl sites for hydroxylation is 1. The van der Waals surface area contributed by atoms with Crippen molar-refractivity contribution in [2.75, 3.05) is 24.0 Å². The first-order chi connectivity index (χ1) is 15.9. The summed E-state index contributed by atoms with van der Waals surface area (Å²) in [6.45, 7) is 2.84. The van der Waals surface area contributed by atoms with Gasteiger partial charge in [-0.05, 0) is 36.8 Å². The Hall–Kier alpha value is -3.36. The zero-order valence-corrected chi connectivity index (χ0v) is 19.1. The first kappa shape index (κ1) is 22.8. The van der Waals surface area contributed by atoms with E-state index in [9.17, 15) is 13.2 Å². The fourth-order valence-electron chi connectivity index (χ4n) is 3.53. The lowest BCUT2D eigenvalue weighted by atomic mass is 10.2. The van der Waals surface area contributed by atoms with Crippen LogP contribution in [0.15, 0.2) is 83.8 Å². The highest BCUT2D eigenvalue weighted by Crippen LogP contribution is 2.36. The van der Waals surface area contributed by atoms with Crippen molar-refractivity contribution in [2.24, 2.45) is 0 Å². The third-order valence-corrected chi connectivity index (χ3v) is 7.09. The van der Waals surface area contributed by atoms with Gasteiger partial charge in [-0.15, -0.1) is 0 Å². The summed E-state index contributed by atoms with van der Waals surface area (Å²) in [5.74, 6) is -0.0446. The van der Waals surface area contributed by atoms with Crippen molar-refractivity contribution in [1.82, 2.24) is 5.32 Å². The van der Waals surface area contributed by atoms with E-state index >= 15 is 0 Å². The summed E-state index contributed by atoms with van der Waals surface area (Å²) < 4.78 is 39.4. The maximum absolute atomic E-state index is 13.4. The number of nitrogens with zero attached hydrogens (tertiary/aromatic N) is 1. The summed E-state index contributed by atoms with van der Waals surface area (Å²) in [5, 5.41) is 2.78. The van der Waals surface area contributed by atoms with E-state index in [1.54, 1.807) is 48.5 Å². The molecule has 8 heteroatoms. The van der Waals surface area contributed by atoms with Crippen molar-refractivity contribution < 1.29 is 22.7 Å². The molecule has 0 aromatic heterocycles. The van der Waals surface area contributed by atoms with Crippen LogP contribution in [0.4, 0.5) is 5.69 Å². The third kappa shape index (κ3) is 5.35. The van der Waals surface area contributed by atoms with E-state index in [0.717, 1.165) is 11.1 Å². The molecule has 0 saturated heterocycles. The molecule has 1 aliphatic heterocycles. The molecule has 0 bridgehead atoms. The molecule has 1 N–H and O–H groups in total. The van der Waals surface area contributed by atoms with Crippen LogP contribution in [0.2, 0.25) is 0 Å². The topological polar surface area (TPSA) is 84.9 Å². The average Bonchev–Trinajstić information content (AvgIpc) is 2.84. The zero-order valence-electron chi connectivity index (χ0n) is 18.3. The minimum atomic E-state index is -3.87. The molecule has 4 rings (SSSR count). The largest absolute Gasteiger partial charge is 0.476 e. The Kier molecular flexibility index (Phi) is 6.96. The lowest BCUT2D eigenvalue weighted by Gasteiger charge is -2.34. The molecule has 0 fully saturated rings. The molecule has 3 aromatic carbocycles. The zero-order chi connectivity index (χ0) is 23.3. The minimum Gasteiger partial charge on any atom is -0.476 e. The van der Waals surface area contributed by atoms with Gasteiger partial charge in [-0.3, -0.25) is 9.10 Å². The molecule has 0 spiro atoms. The summed E-state index contributed by atoms with van der Waals surface area (Å²) in [6.07, 6.45) is -0.978. The number of nitrogens with one attached hydrogen (secondary N) is 1. The lowest BCUT2D eigenvalue weighted by Crippen LogP contribution is -2.51. The minimum absolute atomic E-state index is 0.121. The van der Waals surface area contributed by atoms with Crippen LogP contribution in [0.3, 0.4) is 0 Å². The van der Waals surface area contributed by atoms with Crippen LogP contribution in [0.5, 0.6) is 5.75 Å². The van der Waals surface area contributed by atoms with E-state index in [4.69, 9.17) is 9.47 Å². The summed E-state index contributed by atoms with van der Waals surface area (Å²) in [6, 6.07) is 23.2. The summed E-state index contributed by atoms with van der Waals surface area (Å²) in [7, 11) is -3.87. The Labute approximate surface area is 194 Å².